The van der Waals surface area contributed by atoms with E-state index in [9.17, 15) is 4.79 Å². The van der Waals surface area contributed by atoms with E-state index in [1.165, 1.54) is 0 Å². The van der Waals surface area contributed by atoms with Gasteiger partial charge in [-0.1, -0.05) is 6.92 Å². The van der Waals surface area contributed by atoms with E-state index in [4.69, 9.17) is 10.00 Å². The molecule has 0 saturated carbocycles. The molecule has 2 aromatic heterocycles. The van der Waals surface area contributed by atoms with E-state index in [-0.39, 0.29) is 17.2 Å². The van der Waals surface area contributed by atoms with Crippen LogP contribution in [0.25, 0.3) is 0 Å². The summed E-state index contributed by atoms with van der Waals surface area (Å²) >= 11 is 1.11. The predicted molar refractivity (Wildman–Crippen MR) is 79.8 cm³/mol. The van der Waals surface area contributed by atoms with Crippen molar-refractivity contribution in [3.8, 4) is 6.07 Å². The van der Waals surface area contributed by atoms with Crippen molar-refractivity contribution in [1.29, 1.82) is 5.26 Å². The molecule has 0 radical (unpaired) electrons. The number of nitrogens with one attached hydrogen (secondary N) is 1. The van der Waals surface area contributed by atoms with Gasteiger partial charge in [-0.3, -0.25) is 9.17 Å². The van der Waals surface area contributed by atoms with Crippen LogP contribution in [0, 0.1) is 11.3 Å². The molecule has 2 heterocycles. The first-order valence-corrected chi connectivity index (χ1v) is 7.14. The first kappa shape index (κ1) is 15.2. The van der Waals surface area contributed by atoms with Gasteiger partial charge in [0.25, 0.3) is 5.56 Å². The molecule has 0 aliphatic rings. The Labute approximate surface area is 126 Å². The fraction of sp³-hybridized carbons (Fsp3) is 0.385. The summed E-state index contributed by atoms with van der Waals surface area (Å²) in [5, 5.41) is 9.57. The number of hydrogen-bond donors (Lipinski definition) is 1. The van der Waals surface area contributed by atoms with Gasteiger partial charge in [0.2, 0.25) is 0 Å². The van der Waals surface area contributed by atoms with Crippen molar-refractivity contribution in [2.24, 2.45) is 0 Å². The van der Waals surface area contributed by atoms with Gasteiger partial charge in [-0.15, -0.1) is 0 Å². The number of aromatic amines is 1. The van der Waals surface area contributed by atoms with E-state index < -0.39 is 0 Å². The van der Waals surface area contributed by atoms with Crippen molar-refractivity contribution in [2.75, 3.05) is 19.1 Å². The summed E-state index contributed by atoms with van der Waals surface area (Å²) in [6.07, 6.45) is 3.94. The molecule has 0 aliphatic carbocycles. The van der Waals surface area contributed by atoms with Gasteiger partial charge in [0.1, 0.15) is 17.2 Å². The molecule has 0 aliphatic heterocycles. The monoisotopic (exact) mass is 305 g/mol. The Morgan fingerprint density at radius 1 is 1.52 bits per heavy atom. The molecule has 0 saturated heterocycles. The first-order chi connectivity index (χ1) is 10.1. The highest BCUT2D eigenvalue weighted by atomic mass is 32.1. The highest BCUT2D eigenvalue weighted by Crippen LogP contribution is 2.28. The topological polar surface area (TPSA) is 94.9 Å². The lowest BCUT2D eigenvalue weighted by Gasteiger charge is -2.17. The zero-order valence-electron chi connectivity index (χ0n) is 12.0. The van der Waals surface area contributed by atoms with E-state index in [1.54, 1.807) is 31.5 Å². The molecular formula is C13H15N5O2S. The zero-order chi connectivity index (χ0) is 15.4. The maximum atomic E-state index is 11.5. The van der Waals surface area contributed by atoms with Gasteiger partial charge in [0.15, 0.2) is 11.4 Å². The number of H-pyrrole nitrogens is 1. The van der Waals surface area contributed by atoms with Crippen LogP contribution in [0.3, 0.4) is 0 Å². The quantitative estimate of drug-likeness (QED) is 0.907. The molecule has 7 nitrogen and oxygen atoms in total. The normalized spacial score (nSPS) is 11.9. The van der Waals surface area contributed by atoms with Crippen LogP contribution in [0.15, 0.2) is 17.2 Å². The highest BCUT2D eigenvalue weighted by Gasteiger charge is 2.17. The maximum Gasteiger partial charge on any atom is 0.278 e. The number of nitrogens with zero attached hydrogens (tertiary/aromatic N) is 4. The minimum atomic E-state index is -0.382. The van der Waals surface area contributed by atoms with Crippen LogP contribution in [0.5, 0.6) is 0 Å². The van der Waals surface area contributed by atoms with Crippen LogP contribution in [0.2, 0.25) is 0 Å². The minimum absolute atomic E-state index is 0.0925. The summed E-state index contributed by atoms with van der Waals surface area (Å²) in [7, 11) is 3.37. The molecule has 2 aromatic rings. The molecule has 1 N–H and O–H groups in total. The first-order valence-electron chi connectivity index (χ1n) is 6.32. The van der Waals surface area contributed by atoms with Gasteiger partial charge in [-0.2, -0.15) is 5.26 Å². The summed E-state index contributed by atoms with van der Waals surface area (Å²) in [6.45, 7) is 1.99. The Hall–Kier alpha value is -2.24. The third-order valence-corrected chi connectivity index (χ3v) is 4.05. The summed E-state index contributed by atoms with van der Waals surface area (Å²) in [5.74, 6) is 0.611. The van der Waals surface area contributed by atoms with Crippen LogP contribution >= 0.6 is 11.5 Å². The molecule has 0 spiro atoms. The number of nitriles is 1. The molecule has 0 bridgehead atoms. The van der Waals surface area contributed by atoms with E-state index in [1.807, 2.05) is 13.0 Å². The second kappa shape index (κ2) is 6.47. The zero-order valence-corrected chi connectivity index (χ0v) is 12.8. The molecule has 2 rings (SSSR count). The van der Waals surface area contributed by atoms with Crippen molar-refractivity contribution in [3.63, 3.8) is 0 Å². The van der Waals surface area contributed by atoms with Gasteiger partial charge < -0.3 is 9.64 Å². The summed E-state index contributed by atoms with van der Waals surface area (Å²) < 4.78 is 7.83. The SMILES string of the molecule is CCC(OC)c1ncc(N(C)c2s[nH]c(=O)c2C#N)cn1. The maximum absolute atomic E-state index is 11.5. The van der Waals surface area contributed by atoms with E-state index in [0.717, 1.165) is 18.0 Å². The van der Waals surface area contributed by atoms with Gasteiger partial charge in [0, 0.05) is 14.2 Å². The molecule has 0 aromatic carbocycles. The van der Waals surface area contributed by atoms with Crippen molar-refractivity contribution in [1.82, 2.24) is 14.3 Å². The Bertz CT molecular complexity index is 697. The smallest absolute Gasteiger partial charge is 0.278 e. The minimum Gasteiger partial charge on any atom is -0.373 e. The lowest BCUT2D eigenvalue weighted by Crippen LogP contribution is -2.13. The number of anilines is 2. The number of methoxy groups -OCH3 is 1. The number of ether oxygens (including phenoxy) is 1. The highest BCUT2D eigenvalue weighted by molar-refractivity contribution is 7.10. The lowest BCUT2D eigenvalue weighted by atomic mass is 10.2. The Morgan fingerprint density at radius 2 is 2.19 bits per heavy atom. The van der Waals surface area contributed by atoms with Crippen molar-refractivity contribution < 1.29 is 4.74 Å². The van der Waals surface area contributed by atoms with E-state index in [0.29, 0.717) is 16.5 Å². The van der Waals surface area contributed by atoms with Crippen LogP contribution < -0.4 is 10.5 Å². The van der Waals surface area contributed by atoms with Crippen LogP contribution in [-0.4, -0.2) is 28.5 Å². The molecule has 110 valence electrons. The van der Waals surface area contributed by atoms with Gasteiger partial charge in [-0.25, -0.2) is 9.97 Å². The predicted octanol–water partition coefficient (Wildman–Crippen LogP) is 1.96. The van der Waals surface area contributed by atoms with Crippen LogP contribution in [0.1, 0.15) is 30.8 Å². The standard InChI is InChI=1S/C13H15N5O2S/c1-4-10(20-3)11-15-6-8(7-16-11)18(2)13-9(5-14)12(19)17-21-13/h6-7,10H,4H2,1-3H3,(H,17,19). The largest absolute Gasteiger partial charge is 0.373 e. The Morgan fingerprint density at radius 3 is 2.71 bits per heavy atom. The molecule has 21 heavy (non-hydrogen) atoms. The van der Waals surface area contributed by atoms with Crippen LogP contribution in [-0.2, 0) is 4.74 Å². The Kier molecular flexibility index (Phi) is 4.67. The fourth-order valence-electron chi connectivity index (χ4n) is 1.87. The average Bonchev–Trinajstić information content (AvgIpc) is 2.89. The van der Waals surface area contributed by atoms with Gasteiger partial charge in [0.05, 0.1) is 18.1 Å². The third kappa shape index (κ3) is 2.94. The number of aromatic nitrogens is 3. The van der Waals surface area contributed by atoms with Gasteiger partial charge >= 0.3 is 0 Å². The van der Waals surface area contributed by atoms with E-state index in [2.05, 4.69) is 14.3 Å². The van der Waals surface area contributed by atoms with E-state index >= 15 is 0 Å². The molecule has 1 atom stereocenters. The Balaban J connectivity index is 2.30. The molecule has 8 heteroatoms. The summed E-state index contributed by atoms with van der Waals surface area (Å²) in [4.78, 5) is 21.8. The fourth-order valence-corrected chi connectivity index (χ4v) is 2.65. The number of rotatable bonds is 5. The molecule has 1 unspecified atom stereocenters. The number of hydrogen-bond acceptors (Lipinski definition) is 7. The third-order valence-electron chi connectivity index (χ3n) is 3.09. The molecular weight excluding hydrogens is 290 g/mol. The second-order valence-electron chi connectivity index (χ2n) is 4.32. The molecule has 0 fully saturated rings. The van der Waals surface area contributed by atoms with Gasteiger partial charge in [-0.05, 0) is 18.0 Å². The summed E-state index contributed by atoms with van der Waals surface area (Å²) in [6, 6.07) is 1.91. The lowest BCUT2D eigenvalue weighted by molar-refractivity contribution is 0.0926. The van der Waals surface area contributed by atoms with Crippen molar-refractivity contribution >= 4 is 22.2 Å². The molecule has 0 amide bonds. The van der Waals surface area contributed by atoms with Crippen molar-refractivity contribution in [2.45, 2.75) is 19.4 Å². The second-order valence-corrected chi connectivity index (χ2v) is 5.11. The summed E-state index contributed by atoms with van der Waals surface area (Å²) in [5.41, 5.74) is 0.402. The van der Waals surface area contributed by atoms with Crippen LogP contribution in [0.4, 0.5) is 10.7 Å². The average molecular weight is 305 g/mol. The van der Waals surface area contributed by atoms with Crippen molar-refractivity contribution in [3.05, 3.63) is 34.1 Å².